The van der Waals surface area contributed by atoms with Crippen LogP contribution in [0.5, 0.6) is 0 Å². The number of thiol groups is 1. The van der Waals surface area contributed by atoms with Crippen molar-refractivity contribution in [3.63, 3.8) is 0 Å². The smallest absolute Gasteiger partial charge is 0.110 e. The summed E-state index contributed by atoms with van der Waals surface area (Å²) in [6.07, 6.45) is 2.03. The van der Waals surface area contributed by atoms with Crippen LogP contribution in [0.3, 0.4) is 0 Å². The molecule has 0 spiro atoms. The quantitative estimate of drug-likeness (QED) is 0.602. The fourth-order valence-electron chi connectivity index (χ4n) is 1.34. The molecule has 4 heteroatoms. The van der Waals surface area contributed by atoms with Crippen LogP contribution in [0.2, 0.25) is 0 Å². The van der Waals surface area contributed by atoms with Crippen molar-refractivity contribution in [3.05, 3.63) is 23.1 Å². The molecular weight excluding hydrogens is 230 g/mol. The van der Waals surface area contributed by atoms with Gasteiger partial charge < -0.3 is 0 Å². The van der Waals surface area contributed by atoms with Gasteiger partial charge in [0.25, 0.3) is 0 Å². The average Bonchev–Trinajstić information content (AvgIpc) is 2.60. The van der Waals surface area contributed by atoms with E-state index in [1.165, 1.54) is 11.3 Å². The maximum Gasteiger partial charge on any atom is 0.110 e. The van der Waals surface area contributed by atoms with Crippen molar-refractivity contribution in [2.24, 2.45) is 0 Å². The Balaban J connectivity index is 2.81. The Hall–Kier alpha value is -0.630. The van der Waals surface area contributed by atoms with E-state index in [2.05, 4.69) is 18.7 Å². The van der Waals surface area contributed by atoms with Crippen LogP contribution in [0.15, 0.2) is 28.0 Å². The molecule has 0 N–H and O–H groups in total. The molecule has 0 amide bonds. The van der Waals surface area contributed by atoms with Gasteiger partial charge in [-0.15, -0.1) is 35.7 Å². The van der Waals surface area contributed by atoms with Crippen LogP contribution in [0.1, 0.15) is 4.88 Å². The van der Waals surface area contributed by atoms with Gasteiger partial charge in [-0.25, -0.2) is 0 Å². The first-order valence-corrected chi connectivity index (χ1v) is 6.44. The van der Waals surface area contributed by atoms with Crippen molar-refractivity contribution in [2.45, 2.75) is 9.79 Å². The molecule has 0 aliphatic carbocycles. The van der Waals surface area contributed by atoms with Crippen LogP contribution in [0.25, 0.3) is 10.1 Å². The highest BCUT2D eigenvalue weighted by atomic mass is 32.2. The Morgan fingerprint density at radius 3 is 2.93 bits per heavy atom. The monoisotopic (exact) mass is 237 g/mol. The lowest BCUT2D eigenvalue weighted by Gasteiger charge is -2.01. The molecule has 2 aromatic rings. The standard InChI is InChI=1S/C10H7NS3/c1-13-10-7-4-6(5-11)14-9(7)3-2-8(10)12/h2-4,12H,1H3. The van der Waals surface area contributed by atoms with Crippen LogP contribution >= 0.6 is 35.7 Å². The summed E-state index contributed by atoms with van der Waals surface area (Å²) in [6, 6.07) is 8.11. The molecule has 0 bridgehead atoms. The molecule has 70 valence electrons. The molecule has 1 heterocycles. The highest BCUT2D eigenvalue weighted by Crippen LogP contribution is 2.36. The van der Waals surface area contributed by atoms with E-state index in [1.54, 1.807) is 11.8 Å². The first-order valence-electron chi connectivity index (χ1n) is 3.96. The molecule has 0 aliphatic rings. The van der Waals surface area contributed by atoms with Gasteiger partial charge in [-0.05, 0) is 24.5 Å². The van der Waals surface area contributed by atoms with Crippen molar-refractivity contribution >= 4 is 45.8 Å². The molecular formula is C10H7NS3. The number of thioether (sulfide) groups is 1. The number of hydrogen-bond acceptors (Lipinski definition) is 4. The minimum atomic E-state index is 0.759. The topological polar surface area (TPSA) is 23.8 Å². The fourth-order valence-corrected chi connectivity index (χ4v) is 3.41. The summed E-state index contributed by atoms with van der Waals surface area (Å²) in [5.74, 6) is 0. The fraction of sp³-hybridized carbons (Fsp3) is 0.100. The van der Waals surface area contributed by atoms with E-state index in [9.17, 15) is 0 Å². The zero-order valence-corrected chi connectivity index (χ0v) is 9.97. The number of nitrogens with zero attached hydrogens (tertiary/aromatic N) is 1. The Morgan fingerprint density at radius 2 is 2.29 bits per heavy atom. The highest BCUT2D eigenvalue weighted by molar-refractivity contribution is 7.99. The minimum Gasteiger partial charge on any atom is -0.192 e. The normalized spacial score (nSPS) is 10.4. The third-order valence-electron chi connectivity index (χ3n) is 1.94. The Bertz CT molecular complexity index is 522. The number of nitriles is 1. The van der Waals surface area contributed by atoms with Crippen LogP contribution in [0, 0.1) is 11.3 Å². The molecule has 2 rings (SSSR count). The summed E-state index contributed by atoms with van der Waals surface area (Å²) in [5.41, 5.74) is 0. The van der Waals surface area contributed by atoms with Gasteiger partial charge in [-0.3, -0.25) is 0 Å². The van der Waals surface area contributed by atoms with Gasteiger partial charge in [0.2, 0.25) is 0 Å². The molecule has 0 fully saturated rings. The molecule has 14 heavy (non-hydrogen) atoms. The summed E-state index contributed by atoms with van der Waals surface area (Å²) in [6.45, 7) is 0. The molecule has 0 saturated heterocycles. The van der Waals surface area contributed by atoms with Gasteiger partial charge in [0.05, 0.1) is 0 Å². The number of thiophene rings is 1. The Labute approximate surface area is 96.2 Å². The molecule has 0 unspecified atom stereocenters. The highest BCUT2D eigenvalue weighted by Gasteiger charge is 2.07. The van der Waals surface area contributed by atoms with E-state index < -0.39 is 0 Å². The average molecular weight is 237 g/mol. The summed E-state index contributed by atoms with van der Waals surface area (Å²) >= 11 is 7.59. The maximum atomic E-state index is 8.81. The summed E-state index contributed by atoms with van der Waals surface area (Å²) in [5, 5.41) is 9.95. The first kappa shape index (κ1) is 9.91. The van der Waals surface area contributed by atoms with Gasteiger partial charge in [0.1, 0.15) is 10.9 Å². The Morgan fingerprint density at radius 1 is 1.50 bits per heavy atom. The van der Waals surface area contributed by atoms with Crippen LogP contribution in [-0.2, 0) is 0 Å². The third-order valence-corrected chi connectivity index (χ3v) is 4.32. The van der Waals surface area contributed by atoms with Crippen LogP contribution in [-0.4, -0.2) is 6.26 Å². The molecule has 0 atom stereocenters. The summed E-state index contributed by atoms with van der Waals surface area (Å²) in [7, 11) is 0. The van der Waals surface area contributed by atoms with Gasteiger partial charge in [0.15, 0.2) is 0 Å². The number of hydrogen-bond donors (Lipinski definition) is 1. The van der Waals surface area contributed by atoms with Crippen molar-refractivity contribution in [1.82, 2.24) is 0 Å². The molecule has 0 radical (unpaired) electrons. The number of fused-ring (bicyclic) bond motifs is 1. The predicted molar refractivity (Wildman–Crippen MR) is 65.6 cm³/mol. The lowest BCUT2D eigenvalue weighted by atomic mass is 10.2. The van der Waals surface area contributed by atoms with Gasteiger partial charge in [-0.2, -0.15) is 5.26 Å². The second-order valence-corrected chi connectivity index (χ2v) is 5.13. The van der Waals surface area contributed by atoms with Gasteiger partial charge >= 0.3 is 0 Å². The molecule has 0 aliphatic heterocycles. The van der Waals surface area contributed by atoms with Gasteiger partial charge in [0, 0.05) is 19.9 Å². The van der Waals surface area contributed by atoms with E-state index in [1.807, 2.05) is 24.5 Å². The van der Waals surface area contributed by atoms with Crippen molar-refractivity contribution in [2.75, 3.05) is 6.26 Å². The van der Waals surface area contributed by atoms with Crippen LogP contribution < -0.4 is 0 Å². The number of benzene rings is 1. The molecule has 1 nitrogen and oxygen atoms in total. The van der Waals surface area contributed by atoms with Gasteiger partial charge in [-0.1, -0.05) is 0 Å². The molecule has 1 aromatic heterocycles. The zero-order valence-electron chi connectivity index (χ0n) is 7.44. The second-order valence-electron chi connectivity index (χ2n) is 2.75. The third kappa shape index (κ3) is 1.52. The van der Waals surface area contributed by atoms with E-state index >= 15 is 0 Å². The lowest BCUT2D eigenvalue weighted by Crippen LogP contribution is -1.74. The summed E-state index contributed by atoms with van der Waals surface area (Å²) < 4.78 is 1.16. The SMILES string of the molecule is CSc1c(S)ccc2sc(C#N)cc12. The van der Waals surface area contributed by atoms with Crippen molar-refractivity contribution in [3.8, 4) is 6.07 Å². The van der Waals surface area contributed by atoms with Crippen molar-refractivity contribution < 1.29 is 0 Å². The largest absolute Gasteiger partial charge is 0.192 e. The lowest BCUT2D eigenvalue weighted by molar-refractivity contribution is 1.33. The van der Waals surface area contributed by atoms with E-state index in [-0.39, 0.29) is 0 Å². The van der Waals surface area contributed by atoms with E-state index in [0.717, 1.165) is 24.8 Å². The molecule has 1 aromatic carbocycles. The van der Waals surface area contributed by atoms with Crippen molar-refractivity contribution in [1.29, 1.82) is 5.26 Å². The zero-order chi connectivity index (χ0) is 10.1. The first-order chi connectivity index (χ1) is 6.76. The predicted octanol–water partition coefficient (Wildman–Crippen LogP) is 3.78. The summed E-state index contributed by atoms with van der Waals surface area (Å²) in [4.78, 5) is 2.89. The van der Waals surface area contributed by atoms with Crippen LogP contribution in [0.4, 0.5) is 0 Å². The van der Waals surface area contributed by atoms with E-state index in [0.29, 0.717) is 0 Å². The maximum absolute atomic E-state index is 8.81. The number of rotatable bonds is 1. The minimum absolute atomic E-state index is 0.759. The second kappa shape index (κ2) is 3.85. The Kier molecular flexibility index (Phi) is 2.73. The van der Waals surface area contributed by atoms with E-state index in [4.69, 9.17) is 5.26 Å². The molecule has 0 saturated carbocycles.